The number of aryl methyl sites for hydroxylation is 1. The van der Waals surface area contributed by atoms with E-state index >= 15 is 4.39 Å². The molecule has 3 amide bonds. The fraction of sp³-hybridized carbons (Fsp3) is 0.500. The highest BCUT2D eigenvalue weighted by atomic mass is 19.1. The van der Waals surface area contributed by atoms with E-state index in [4.69, 9.17) is 15.9 Å². The quantitative estimate of drug-likeness (QED) is 0.133. The van der Waals surface area contributed by atoms with Gasteiger partial charge in [0.25, 0.3) is 0 Å². The van der Waals surface area contributed by atoms with Gasteiger partial charge in [-0.25, -0.2) is 18.4 Å². The van der Waals surface area contributed by atoms with Gasteiger partial charge < -0.3 is 24.6 Å². The minimum atomic E-state index is -0.671. The number of hydrogen-bond acceptors (Lipinski definition) is 14. The van der Waals surface area contributed by atoms with E-state index in [1.54, 1.807) is 42.1 Å². The Kier molecular flexibility index (Phi) is 14.3. The molecule has 5 atom stereocenters. The van der Waals surface area contributed by atoms with E-state index in [1.165, 1.54) is 37.0 Å². The van der Waals surface area contributed by atoms with E-state index in [0.717, 1.165) is 114 Å². The number of benzene rings is 3. The number of nitrogens with one attached hydrogen (secondary N) is 2. The summed E-state index contributed by atoms with van der Waals surface area (Å²) in [6.07, 6.45) is 16.8. The smallest absolute Gasteiger partial charge is 0.409 e. The number of ether oxygens (including phenoxy) is 2. The Morgan fingerprint density at radius 3 is 2.41 bits per heavy atom. The average molecular weight is 1070 g/mol. The third-order valence-electron chi connectivity index (χ3n) is 17.6. The lowest BCUT2D eigenvalue weighted by molar-refractivity contribution is -0.135. The number of terminal acetylenes is 1. The summed E-state index contributed by atoms with van der Waals surface area (Å²) in [5, 5.41) is 7.60. The number of rotatable bonds is 9. The second-order valence-electron chi connectivity index (χ2n) is 22.1. The van der Waals surface area contributed by atoms with Crippen LogP contribution in [0.25, 0.3) is 44.0 Å². The number of likely N-dealkylation sites (tertiary alicyclic amines) is 1. The van der Waals surface area contributed by atoms with Gasteiger partial charge in [0.2, 0.25) is 11.8 Å². The van der Waals surface area contributed by atoms with Crippen LogP contribution in [0.15, 0.2) is 59.5 Å². The summed E-state index contributed by atoms with van der Waals surface area (Å²) < 4.78 is 44.8. The van der Waals surface area contributed by atoms with Crippen molar-refractivity contribution < 1.29 is 32.6 Å². The second kappa shape index (κ2) is 21.6. The molecule has 408 valence electrons. The van der Waals surface area contributed by atoms with Crippen LogP contribution in [0.5, 0.6) is 6.01 Å². The summed E-state index contributed by atoms with van der Waals surface area (Å²) in [5.74, 6) is 1.14. The fourth-order valence-corrected chi connectivity index (χ4v) is 13.5. The Balaban J connectivity index is 0.000000161. The number of aromatic nitrogens is 5. The summed E-state index contributed by atoms with van der Waals surface area (Å²) in [6.45, 7) is 9.48. The summed E-state index contributed by atoms with van der Waals surface area (Å²) in [5.41, 5.74) is 3.04. The fourth-order valence-electron chi connectivity index (χ4n) is 13.5. The van der Waals surface area contributed by atoms with E-state index in [2.05, 4.69) is 57.2 Å². The molecule has 78 heavy (non-hydrogen) atoms. The molecular weight excluding hydrogens is 999 g/mol. The molecule has 10 heterocycles. The zero-order valence-corrected chi connectivity index (χ0v) is 44.3. The molecule has 7 saturated heterocycles. The number of hydrogen-bond donors (Lipinski definition) is 2. The molecule has 20 heteroatoms. The van der Waals surface area contributed by atoms with Crippen molar-refractivity contribution in [3.8, 4) is 29.6 Å². The zero-order valence-electron chi connectivity index (χ0n) is 44.3. The number of carbonyl (C=O) groups excluding carboxylic acids is 3. The highest BCUT2D eigenvalue weighted by Gasteiger charge is 2.39. The number of imidazole rings is 1. The van der Waals surface area contributed by atoms with Gasteiger partial charge in [0, 0.05) is 120 Å². The van der Waals surface area contributed by atoms with E-state index < -0.39 is 23.6 Å². The van der Waals surface area contributed by atoms with Gasteiger partial charge in [-0.05, 0) is 93.5 Å². The highest BCUT2D eigenvalue weighted by molar-refractivity contribution is 6.02. The molecule has 2 N–H and O–H groups in total. The van der Waals surface area contributed by atoms with Crippen molar-refractivity contribution >= 4 is 56.4 Å². The van der Waals surface area contributed by atoms with Crippen LogP contribution in [-0.4, -0.2) is 164 Å². The minimum absolute atomic E-state index is 0.0484. The Morgan fingerprint density at radius 1 is 0.859 bits per heavy atom. The average Bonchev–Trinajstić information content (AvgIpc) is 4.31. The molecule has 7 aliphatic heterocycles. The summed E-state index contributed by atoms with van der Waals surface area (Å²) in [6, 6.07) is 16.0. The topological polar surface area (TPSA) is 176 Å². The maximum atomic E-state index is 16.1. The molecule has 0 saturated carbocycles. The van der Waals surface area contributed by atoms with Crippen molar-refractivity contribution in [3.05, 3.63) is 88.0 Å². The molecule has 0 spiro atoms. The van der Waals surface area contributed by atoms with Crippen LogP contribution in [0.2, 0.25) is 0 Å². The predicted molar refractivity (Wildman–Crippen MR) is 291 cm³/mol. The maximum absolute atomic E-state index is 16.1. The molecule has 3 aromatic carbocycles. The molecule has 7 aliphatic rings. The number of carbonyl (C=O) groups is 3. The van der Waals surface area contributed by atoms with Crippen LogP contribution >= 0.6 is 0 Å². The van der Waals surface area contributed by atoms with Gasteiger partial charge in [-0.15, -0.1) is 6.42 Å². The Morgan fingerprint density at radius 2 is 1.65 bits per heavy atom. The molecule has 7 fully saturated rings. The van der Waals surface area contributed by atoms with Gasteiger partial charge in [-0.2, -0.15) is 9.97 Å². The van der Waals surface area contributed by atoms with Crippen molar-refractivity contribution in [2.75, 3.05) is 77.5 Å². The van der Waals surface area contributed by atoms with Gasteiger partial charge in [0.1, 0.15) is 35.5 Å². The van der Waals surface area contributed by atoms with Crippen molar-refractivity contribution in [3.63, 3.8) is 0 Å². The number of methoxy groups -OCH3 is 1. The Bertz CT molecular complexity index is 3410. The largest absolute Gasteiger partial charge is 0.467 e. The zero-order chi connectivity index (χ0) is 53.8. The van der Waals surface area contributed by atoms with Crippen LogP contribution in [-0.2, 0) is 27.9 Å². The van der Waals surface area contributed by atoms with Crippen LogP contribution in [0, 0.1) is 24.0 Å². The first kappa shape index (κ1) is 51.7. The lowest BCUT2D eigenvalue weighted by Gasteiger charge is -2.42. The minimum Gasteiger partial charge on any atom is -0.467 e. The summed E-state index contributed by atoms with van der Waals surface area (Å²) >= 11 is 0. The number of amides is 3. The number of fused-ring (bicyclic) bond motifs is 6. The van der Waals surface area contributed by atoms with Gasteiger partial charge in [0.15, 0.2) is 5.82 Å². The first-order valence-electron chi connectivity index (χ1n) is 27.7. The first-order chi connectivity index (χ1) is 37.9. The van der Waals surface area contributed by atoms with E-state index in [9.17, 15) is 23.6 Å². The van der Waals surface area contributed by atoms with Crippen LogP contribution in [0.1, 0.15) is 81.4 Å². The number of pyridine rings is 1. The highest BCUT2D eigenvalue weighted by Crippen LogP contribution is 2.38. The predicted octanol–water partition coefficient (Wildman–Crippen LogP) is 5.72. The second-order valence-corrected chi connectivity index (χ2v) is 22.1. The number of piperidine rings is 2. The molecule has 13 rings (SSSR count). The van der Waals surface area contributed by atoms with Gasteiger partial charge in [-0.3, -0.25) is 43.7 Å². The number of nitrogens with zero attached hydrogens (tertiary/aromatic N) is 10. The van der Waals surface area contributed by atoms with Crippen LogP contribution in [0.3, 0.4) is 0 Å². The number of piperazine rings is 2. The molecule has 3 aromatic heterocycles. The first-order valence-corrected chi connectivity index (χ1v) is 27.7. The van der Waals surface area contributed by atoms with Crippen molar-refractivity contribution in [2.24, 2.45) is 7.05 Å². The molecule has 2 bridgehead atoms. The van der Waals surface area contributed by atoms with Gasteiger partial charge in [-0.1, -0.05) is 36.3 Å². The SMILES string of the molecule is C#Cc1c(F)ccc2cccc(-c3ncc4c(N5CC6CCC(C5)N6)nc(OC)nc4c3F)c12.Cn1c(=O)n(C2CCC(=O)NC2=O)c2ccc(CN3CCN(C4CCN(C(=O)OCC5CCC6CCCN65)CC4)CC3)cc21. The molecule has 18 nitrogen and oxygen atoms in total. The molecule has 6 aromatic rings. The third-order valence-corrected chi connectivity index (χ3v) is 17.6. The summed E-state index contributed by atoms with van der Waals surface area (Å²) in [7, 11) is 3.19. The van der Waals surface area contributed by atoms with Gasteiger partial charge in [0.05, 0.1) is 29.1 Å². The molecular formula is C58H66F2N12O6. The van der Waals surface area contributed by atoms with E-state index in [1.807, 2.05) is 17.0 Å². The van der Waals surface area contributed by atoms with E-state index in [0.29, 0.717) is 70.8 Å². The number of imide groups is 1. The lowest BCUT2D eigenvalue weighted by atomic mass is 9.96. The molecule has 0 radical (unpaired) electrons. The summed E-state index contributed by atoms with van der Waals surface area (Å²) in [4.78, 5) is 75.0. The van der Waals surface area contributed by atoms with Crippen molar-refractivity contribution in [2.45, 2.75) is 107 Å². The van der Waals surface area contributed by atoms with Crippen molar-refractivity contribution in [1.29, 1.82) is 0 Å². The van der Waals surface area contributed by atoms with Crippen LogP contribution in [0.4, 0.5) is 19.4 Å². The molecule has 0 aliphatic carbocycles. The Hall–Kier alpha value is -7.05. The third kappa shape index (κ3) is 9.83. The number of anilines is 1. The standard InChI is InChI=1S/C32H45N7O5.C26H21F2N5O/c1-34-28-19-22(4-7-26(28)39(31(34)42)27-8-9-29(40)33-30(27)41)20-35-15-17-36(18-16-35)23-10-13-37(14-11-23)32(43)44-21-25-6-5-24-3-2-12-38(24)25;1-3-17-20(27)10-7-14-5-4-6-18(21(14)17)23-22(28)24-19(11-29-23)25(32-26(31-24)34-2)33-12-15-8-9-16(13-33)30-15/h4,7,19,23-25,27H,2-3,5-6,8-18,20-21H2,1H3,(H,33,40,41);1,4-7,10-11,15-16,30H,8-9,12-13H2,2H3. The van der Waals surface area contributed by atoms with Gasteiger partial charge >= 0.3 is 17.8 Å². The van der Waals surface area contributed by atoms with Crippen LogP contribution < -0.4 is 26.0 Å². The molecule has 5 unspecified atom stereocenters. The normalized spacial score (nSPS) is 24.1. The maximum Gasteiger partial charge on any atom is 0.409 e. The Labute approximate surface area is 451 Å². The lowest BCUT2D eigenvalue weighted by Crippen LogP contribution is -2.53. The number of halogens is 2. The monoisotopic (exact) mass is 1060 g/mol. The van der Waals surface area contributed by atoms with E-state index in [-0.39, 0.29) is 46.9 Å². The van der Waals surface area contributed by atoms with Crippen molar-refractivity contribution in [1.82, 2.24) is 54.3 Å².